The zero-order chi connectivity index (χ0) is 12.4. The van der Waals surface area contributed by atoms with Crippen LogP contribution in [-0.4, -0.2) is 10.7 Å². The molecule has 17 heavy (non-hydrogen) atoms. The Morgan fingerprint density at radius 3 is 3.00 bits per heavy atom. The molecule has 0 saturated carbocycles. The Morgan fingerprint density at radius 2 is 2.29 bits per heavy atom. The fourth-order valence-electron chi connectivity index (χ4n) is 2.10. The SMILES string of the molecule is [CH2]CC(=N)CC(C)c1c[nH]c2ccc(F)cc12. The summed E-state index contributed by atoms with van der Waals surface area (Å²) < 4.78 is 13.2. The lowest BCUT2D eigenvalue weighted by atomic mass is 9.94. The minimum Gasteiger partial charge on any atom is -0.361 e. The van der Waals surface area contributed by atoms with Crippen LogP contribution in [0.1, 0.15) is 31.2 Å². The molecule has 1 heterocycles. The Labute approximate surface area is 100 Å². The van der Waals surface area contributed by atoms with E-state index in [1.165, 1.54) is 6.07 Å². The molecule has 1 atom stereocenters. The predicted octanol–water partition coefficient (Wildman–Crippen LogP) is 4.04. The predicted molar refractivity (Wildman–Crippen MR) is 69.0 cm³/mol. The molecule has 2 N–H and O–H groups in total. The Hall–Kier alpha value is -1.64. The van der Waals surface area contributed by atoms with Gasteiger partial charge in [-0.25, -0.2) is 4.39 Å². The average Bonchev–Trinajstić information content (AvgIpc) is 2.71. The highest BCUT2D eigenvalue weighted by Gasteiger charge is 2.13. The molecule has 2 aromatic rings. The molecule has 1 aromatic carbocycles. The van der Waals surface area contributed by atoms with Crippen molar-refractivity contribution in [3.05, 3.63) is 42.7 Å². The minimum atomic E-state index is -0.224. The van der Waals surface area contributed by atoms with E-state index in [1.54, 1.807) is 12.1 Å². The lowest BCUT2D eigenvalue weighted by Crippen LogP contribution is -2.01. The number of fused-ring (bicyclic) bond motifs is 1. The van der Waals surface area contributed by atoms with Crippen LogP contribution in [0.15, 0.2) is 24.4 Å². The summed E-state index contributed by atoms with van der Waals surface area (Å²) in [4.78, 5) is 3.13. The number of halogens is 1. The molecule has 1 unspecified atom stereocenters. The first-order chi connectivity index (χ1) is 8.11. The third kappa shape index (κ3) is 2.38. The molecule has 1 aromatic heterocycles. The maximum Gasteiger partial charge on any atom is 0.123 e. The third-order valence-electron chi connectivity index (χ3n) is 3.06. The van der Waals surface area contributed by atoms with Crippen molar-refractivity contribution in [1.82, 2.24) is 4.98 Å². The summed E-state index contributed by atoms with van der Waals surface area (Å²) in [5.41, 5.74) is 2.63. The molecule has 2 rings (SSSR count). The number of nitrogens with one attached hydrogen (secondary N) is 2. The third-order valence-corrected chi connectivity index (χ3v) is 3.06. The number of hydrogen-bond donors (Lipinski definition) is 2. The van der Waals surface area contributed by atoms with Crippen LogP contribution in [0, 0.1) is 18.2 Å². The molecule has 0 aliphatic carbocycles. The normalized spacial score (nSPS) is 12.9. The van der Waals surface area contributed by atoms with E-state index in [0.717, 1.165) is 16.5 Å². The first kappa shape index (κ1) is 11.8. The molecule has 0 fully saturated rings. The molecule has 0 spiro atoms. The quantitative estimate of drug-likeness (QED) is 0.745. The van der Waals surface area contributed by atoms with E-state index in [-0.39, 0.29) is 11.7 Å². The molecule has 2 nitrogen and oxygen atoms in total. The number of H-pyrrole nitrogens is 1. The Kier molecular flexibility index (Phi) is 3.27. The molecular formula is C14H16FN2. The number of hydrogen-bond acceptors (Lipinski definition) is 1. The van der Waals surface area contributed by atoms with Crippen molar-refractivity contribution in [2.45, 2.75) is 25.7 Å². The molecule has 0 aliphatic rings. The van der Waals surface area contributed by atoms with Gasteiger partial charge < -0.3 is 10.4 Å². The number of aromatic nitrogens is 1. The van der Waals surface area contributed by atoms with E-state index in [2.05, 4.69) is 18.8 Å². The molecule has 1 radical (unpaired) electrons. The van der Waals surface area contributed by atoms with Gasteiger partial charge in [-0.15, -0.1) is 0 Å². The molecule has 0 bridgehead atoms. The zero-order valence-electron chi connectivity index (χ0n) is 9.89. The maximum atomic E-state index is 13.2. The van der Waals surface area contributed by atoms with Gasteiger partial charge in [0, 0.05) is 22.8 Å². The van der Waals surface area contributed by atoms with Gasteiger partial charge in [-0.1, -0.05) is 6.92 Å². The van der Waals surface area contributed by atoms with Crippen LogP contribution in [0.5, 0.6) is 0 Å². The second kappa shape index (κ2) is 4.70. The average molecular weight is 231 g/mol. The fraction of sp³-hybridized carbons (Fsp3) is 0.286. The van der Waals surface area contributed by atoms with Crippen LogP contribution in [0.4, 0.5) is 4.39 Å². The van der Waals surface area contributed by atoms with Gasteiger partial charge in [0.15, 0.2) is 0 Å². The smallest absolute Gasteiger partial charge is 0.123 e. The van der Waals surface area contributed by atoms with Gasteiger partial charge in [0.25, 0.3) is 0 Å². The molecule has 3 heteroatoms. The maximum absolute atomic E-state index is 13.2. The van der Waals surface area contributed by atoms with Gasteiger partial charge in [-0.05, 0) is 49.4 Å². The Balaban J connectivity index is 2.35. The lowest BCUT2D eigenvalue weighted by molar-refractivity contribution is 0.629. The zero-order valence-corrected chi connectivity index (χ0v) is 9.89. The van der Waals surface area contributed by atoms with Crippen LogP contribution in [0.25, 0.3) is 10.9 Å². The van der Waals surface area contributed by atoms with E-state index in [0.29, 0.717) is 18.6 Å². The van der Waals surface area contributed by atoms with Crippen LogP contribution in [-0.2, 0) is 0 Å². The van der Waals surface area contributed by atoms with E-state index in [1.807, 2.05) is 6.20 Å². The van der Waals surface area contributed by atoms with Gasteiger partial charge in [-0.3, -0.25) is 0 Å². The number of rotatable bonds is 4. The first-order valence-electron chi connectivity index (χ1n) is 5.74. The summed E-state index contributed by atoms with van der Waals surface area (Å²) in [6, 6.07) is 4.74. The molecular weight excluding hydrogens is 215 g/mol. The summed E-state index contributed by atoms with van der Waals surface area (Å²) in [5.74, 6) is -0.0161. The van der Waals surface area contributed by atoms with Gasteiger partial charge in [0.05, 0.1) is 0 Å². The second-order valence-corrected chi connectivity index (χ2v) is 4.39. The first-order valence-corrected chi connectivity index (χ1v) is 5.74. The minimum absolute atomic E-state index is 0.208. The monoisotopic (exact) mass is 231 g/mol. The molecule has 89 valence electrons. The highest BCUT2D eigenvalue weighted by atomic mass is 19.1. The Morgan fingerprint density at radius 1 is 1.53 bits per heavy atom. The van der Waals surface area contributed by atoms with Crippen molar-refractivity contribution in [1.29, 1.82) is 5.41 Å². The fourth-order valence-corrected chi connectivity index (χ4v) is 2.10. The summed E-state index contributed by atoms with van der Waals surface area (Å²) in [7, 11) is 0. The molecule has 0 aliphatic heterocycles. The summed E-state index contributed by atoms with van der Waals surface area (Å²) in [5, 5.41) is 8.59. The summed E-state index contributed by atoms with van der Waals surface area (Å²) in [6.07, 6.45) is 3.11. The largest absolute Gasteiger partial charge is 0.361 e. The van der Waals surface area contributed by atoms with Crippen LogP contribution < -0.4 is 0 Å². The standard InChI is InChI=1S/C14H16FN2/c1-3-11(16)6-9(2)13-8-17-14-5-4-10(15)7-12(13)14/h4-5,7-9,16-17H,1,3,6H2,2H3. The van der Waals surface area contributed by atoms with Gasteiger partial charge >= 0.3 is 0 Å². The van der Waals surface area contributed by atoms with E-state index < -0.39 is 0 Å². The second-order valence-electron chi connectivity index (χ2n) is 4.39. The highest BCUT2D eigenvalue weighted by molar-refractivity contribution is 5.86. The number of aromatic amines is 1. The van der Waals surface area contributed by atoms with Gasteiger partial charge in [0.2, 0.25) is 0 Å². The summed E-state index contributed by atoms with van der Waals surface area (Å²) in [6.45, 7) is 5.76. The van der Waals surface area contributed by atoms with Crippen molar-refractivity contribution in [3.63, 3.8) is 0 Å². The summed E-state index contributed by atoms with van der Waals surface area (Å²) >= 11 is 0. The van der Waals surface area contributed by atoms with Crippen molar-refractivity contribution in [2.24, 2.45) is 0 Å². The van der Waals surface area contributed by atoms with Crippen molar-refractivity contribution in [2.75, 3.05) is 0 Å². The van der Waals surface area contributed by atoms with Gasteiger partial charge in [0.1, 0.15) is 5.82 Å². The van der Waals surface area contributed by atoms with Crippen molar-refractivity contribution in [3.8, 4) is 0 Å². The van der Waals surface area contributed by atoms with Crippen molar-refractivity contribution < 1.29 is 4.39 Å². The van der Waals surface area contributed by atoms with Gasteiger partial charge in [-0.2, -0.15) is 0 Å². The van der Waals surface area contributed by atoms with Crippen LogP contribution in [0.2, 0.25) is 0 Å². The van der Waals surface area contributed by atoms with E-state index in [9.17, 15) is 4.39 Å². The van der Waals surface area contributed by atoms with E-state index in [4.69, 9.17) is 5.41 Å². The number of benzene rings is 1. The van der Waals surface area contributed by atoms with E-state index >= 15 is 0 Å². The topological polar surface area (TPSA) is 39.6 Å². The molecule has 0 amide bonds. The molecule has 0 saturated heterocycles. The van der Waals surface area contributed by atoms with Crippen LogP contribution in [0.3, 0.4) is 0 Å². The highest BCUT2D eigenvalue weighted by Crippen LogP contribution is 2.28. The Bertz CT molecular complexity index is 542. The lowest BCUT2D eigenvalue weighted by Gasteiger charge is -2.10. The van der Waals surface area contributed by atoms with Crippen molar-refractivity contribution >= 4 is 16.6 Å². The van der Waals surface area contributed by atoms with Crippen LogP contribution >= 0.6 is 0 Å².